The molecule has 0 bridgehead atoms. The minimum Gasteiger partial charge on any atom is -0.378 e. The van der Waals surface area contributed by atoms with E-state index in [4.69, 9.17) is 9.72 Å². The number of pyridine rings is 1. The van der Waals surface area contributed by atoms with Crippen LogP contribution in [0.1, 0.15) is 30.1 Å². The molecule has 1 aliphatic heterocycles. The maximum atomic E-state index is 13.3. The van der Waals surface area contributed by atoms with E-state index >= 15 is 0 Å². The Hall–Kier alpha value is -2.73. The van der Waals surface area contributed by atoms with Crippen molar-refractivity contribution >= 4 is 16.8 Å². The second-order valence-electron chi connectivity index (χ2n) is 6.89. The summed E-state index contributed by atoms with van der Waals surface area (Å²) in [6.07, 6.45) is 3.91. The van der Waals surface area contributed by atoms with E-state index in [-0.39, 0.29) is 12.0 Å². The lowest BCUT2D eigenvalue weighted by atomic mass is 10.0. The molecule has 140 valence electrons. The van der Waals surface area contributed by atoms with Crippen LogP contribution in [0.3, 0.4) is 0 Å². The van der Waals surface area contributed by atoms with Gasteiger partial charge in [0.1, 0.15) is 5.69 Å². The molecule has 0 spiro atoms. The smallest absolute Gasteiger partial charge is 0.254 e. The lowest BCUT2D eigenvalue weighted by molar-refractivity contribution is 0.0146. The van der Waals surface area contributed by atoms with Gasteiger partial charge in [0.25, 0.3) is 5.91 Å². The number of nitrogens with zero attached hydrogens (tertiary/aromatic N) is 4. The molecule has 1 aliphatic rings. The average molecular weight is 364 g/mol. The van der Waals surface area contributed by atoms with Gasteiger partial charge in [-0.05, 0) is 38.0 Å². The number of hydrogen-bond donors (Lipinski definition) is 0. The third kappa shape index (κ3) is 3.57. The fraction of sp³-hybridized carbons (Fsp3) is 0.381. The number of aryl methyl sites for hydroxylation is 1. The van der Waals surface area contributed by atoms with E-state index in [0.29, 0.717) is 5.56 Å². The highest BCUT2D eigenvalue weighted by atomic mass is 16.5. The minimum atomic E-state index is 0.0562. The zero-order valence-electron chi connectivity index (χ0n) is 15.8. The molecule has 1 amide bonds. The monoisotopic (exact) mass is 364 g/mol. The van der Waals surface area contributed by atoms with Gasteiger partial charge in [-0.1, -0.05) is 18.2 Å². The molecule has 0 saturated carbocycles. The van der Waals surface area contributed by atoms with Gasteiger partial charge in [0, 0.05) is 38.3 Å². The van der Waals surface area contributed by atoms with Crippen LogP contribution in [0.15, 0.2) is 42.6 Å². The number of likely N-dealkylation sites (tertiary alicyclic amines) is 1. The van der Waals surface area contributed by atoms with Crippen molar-refractivity contribution in [1.82, 2.24) is 19.7 Å². The number of ether oxygens (including phenoxy) is 1. The van der Waals surface area contributed by atoms with E-state index in [1.54, 1.807) is 4.68 Å². The number of hydrogen-bond acceptors (Lipinski definition) is 4. The zero-order valence-corrected chi connectivity index (χ0v) is 15.8. The van der Waals surface area contributed by atoms with Crippen LogP contribution < -0.4 is 0 Å². The van der Waals surface area contributed by atoms with Gasteiger partial charge in [-0.3, -0.25) is 9.48 Å². The molecule has 1 aromatic carbocycles. The summed E-state index contributed by atoms with van der Waals surface area (Å²) in [7, 11) is 1.87. The van der Waals surface area contributed by atoms with Crippen molar-refractivity contribution in [2.24, 2.45) is 7.05 Å². The number of rotatable bonds is 4. The van der Waals surface area contributed by atoms with Crippen molar-refractivity contribution in [3.05, 3.63) is 48.2 Å². The fourth-order valence-electron chi connectivity index (χ4n) is 3.67. The van der Waals surface area contributed by atoms with E-state index in [9.17, 15) is 4.79 Å². The standard InChI is InChI=1S/C21H24N4O2/c1-3-27-15-8-12-25(13-9-15)21(26)17-14-20(19-10-11-24(2)23-19)22-18-7-5-4-6-16(17)18/h4-7,10-11,14-15H,3,8-9,12-13H2,1-2H3. The van der Waals surface area contributed by atoms with Crippen molar-refractivity contribution in [1.29, 1.82) is 0 Å². The Morgan fingerprint density at radius 1 is 1.19 bits per heavy atom. The summed E-state index contributed by atoms with van der Waals surface area (Å²) in [5.74, 6) is 0.0562. The maximum Gasteiger partial charge on any atom is 0.254 e. The molecule has 0 atom stereocenters. The molecule has 3 heterocycles. The van der Waals surface area contributed by atoms with Gasteiger partial charge in [0.15, 0.2) is 0 Å². The van der Waals surface area contributed by atoms with Crippen LogP contribution in [0.5, 0.6) is 0 Å². The predicted octanol–water partition coefficient (Wildman–Crippen LogP) is 3.28. The maximum absolute atomic E-state index is 13.3. The SMILES string of the molecule is CCOC1CCN(C(=O)c2cc(-c3ccn(C)n3)nc3ccccc23)CC1. The largest absolute Gasteiger partial charge is 0.378 e. The summed E-state index contributed by atoms with van der Waals surface area (Å²) in [6.45, 7) is 4.18. The number of carbonyl (C=O) groups excluding carboxylic acids is 1. The lowest BCUT2D eigenvalue weighted by Gasteiger charge is -2.32. The third-order valence-corrected chi connectivity index (χ3v) is 5.05. The number of aromatic nitrogens is 3. The van der Waals surface area contributed by atoms with E-state index in [1.807, 2.05) is 61.5 Å². The Kier molecular flexibility index (Phi) is 4.90. The van der Waals surface area contributed by atoms with Crippen molar-refractivity contribution in [3.8, 4) is 11.4 Å². The zero-order chi connectivity index (χ0) is 18.8. The number of fused-ring (bicyclic) bond motifs is 1. The number of carbonyl (C=O) groups is 1. The molecule has 6 nitrogen and oxygen atoms in total. The van der Waals surface area contributed by atoms with Gasteiger partial charge in [-0.25, -0.2) is 4.98 Å². The van der Waals surface area contributed by atoms with E-state index in [2.05, 4.69) is 5.10 Å². The topological polar surface area (TPSA) is 60.2 Å². The summed E-state index contributed by atoms with van der Waals surface area (Å²) in [5, 5.41) is 5.33. The van der Waals surface area contributed by atoms with Gasteiger partial charge < -0.3 is 9.64 Å². The Morgan fingerprint density at radius 3 is 2.67 bits per heavy atom. The summed E-state index contributed by atoms with van der Waals surface area (Å²) in [6, 6.07) is 11.6. The predicted molar refractivity (Wildman–Crippen MR) is 104 cm³/mol. The van der Waals surface area contributed by atoms with Crippen LogP contribution in [0.25, 0.3) is 22.3 Å². The average Bonchev–Trinajstić information content (AvgIpc) is 3.14. The van der Waals surface area contributed by atoms with Crippen LogP contribution in [0.2, 0.25) is 0 Å². The third-order valence-electron chi connectivity index (χ3n) is 5.05. The first kappa shape index (κ1) is 17.7. The number of para-hydroxylation sites is 1. The molecule has 1 fully saturated rings. The molecular formula is C21H24N4O2. The second-order valence-corrected chi connectivity index (χ2v) is 6.89. The van der Waals surface area contributed by atoms with Gasteiger partial charge >= 0.3 is 0 Å². The van der Waals surface area contributed by atoms with Gasteiger partial charge in [-0.15, -0.1) is 0 Å². The van der Waals surface area contributed by atoms with Gasteiger partial charge in [0.2, 0.25) is 0 Å². The summed E-state index contributed by atoms with van der Waals surface area (Å²) in [5.41, 5.74) is 3.00. The second kappa shape index (κ2) is 7.48. The molecule has 4 rings (SSSR count). The van der Waals surface area contributed by atoms with Crippen LogP contribution in [-0.4, -0.2) is 51.4 Å². The van der Waals surface area contributed by atoms with Crippen LogP contribution in [0.4, 0.5) is 0 Å². The van der Waals surface area contributed by atoms with E-state index in [1.165, 1.54) is 0 Å². The van der Waals surface area contributed by atoms with Crippen LogP contribution in [0, 0.1) is 0 Å². The molecule has 0 unspecified atom stereocenters. The number of piperidine rings is 1. The number of amides is 1. The van der Waals surface area contributed by atoms with Crippen molar-refractivity contribution in [2.75, 3.05) is 19.7 Å². The minimum absolute atomic E-state index is 0.0562. The van der Waals surface area contributed by atoms with Gasteiger partial charge in [-0.2, -0.15) is 5.10 Å². The molecule has 0 N–H and O–H groups in total. The first-order chi connectivity index (χ1) is 13.2. The molecular weight excluding hydrogens is 340 g/mol. The highest BCUT2D eigenvalue weighted by Crippen LogP contribution is 2.26. The van der Waals surface area contributed by atoms with Gasteiger partial charge in [0.05, 0.1) is 22.9 Å². The quantitative estimate of drug-likeness (QED) is 0.713. The molecule has 6 heteroatoms. The first-order valence-corrected chi connectivity index (χ1v) is 9.46. The van der Waals surface area contributed by atoms with Crippen LogP contribution in [-0.2, 0) is 11.8 Å². The Labute approximate surface area is 158 Å². The van der Waals surface area contributed by atoms with E-state index in [0.717, 1.165) is 54.8 Å². The molecule has 27 heavy (non-hydrogen) atoms. The van der Waals surface area contributed by atoms with Crippen molar-refractivity contribution < 1.29 is 9.53 Å². The summed E-state index contributed by atoms with van der Waals surface area (Å²) < 4.78 is 7.45. The van der Waals surface area contributed by atoms with Crippen molar-refractivity contribution in [2.45, 2.75) is 25.9 Å². The summed E-state index contributed by atoms with van der Waals surface area (Å²) >= 11 is 0. The Balaban J connectivity index is 1.69. The Morgan fingerprint density at radius 2 is 1.96 bits per heavy atom. The number of benzene rings is 1. The Bertz CT molecular complexity index is 958. The molecule has 1 saturated heterocycles. The normalized spacial score (nSPS) is 15.4. The molecule has 0 radical (unpaired) electrons. The fourth-order valence-corrected chi connectivity index (χ4v) is 3.67. The highest BCUT2D eigenvalue weighted by molar-refractivity contribution is 6.07. The van der Waals surface area contributed by atoms with E-state index < -0.39 is 0 Å². The molecule has 0 aliphatic carbocycles. The van der Waals surface area contributed by atoms with Crippen LogP contribution >= 0.6 is 0 Å². The summed E-state index contributed by atoms with van der Waals surface area (Å²) in [4.78, 5) is 19.9. The highest BCUT2D eigenvalue weighted by Gasteiger charge is 2.25. The molecule has 2 aromatic heterocycles. The van der Waals surface area contributed by atoms with Crippen molar-refractivity contribution in [3.63, 3.8) is 0 Å². The molecule has 3 aromatic rings. The first-order valence-electron chi connectivity index (χ1n) is 9.46. The lowest BCUT2D eigenvalue weighted by Crippen LogP contribution is -2.41.